The van der Waals surface area contributed by atoms with E-state index in [1.807, 2.05) is 30.3 Å². The summed E-state index contributed by atoms with van der Waals surface area (Å²) in [5, 5.41) is 7.62. The number of pyridine rings is 1. The number of hydrogen-bond donors (Lipinski definition) is 3. The summed E-state index contributed by atoms with van der Waals surface area (Å²) in [4.78, 5) is 29.1. The molecule has 33 heavy (non-hydrogen) atoms. The molecule has 0 aliphatic carbocycles. The van der Waals surface area contributed by atoms with Crippen LogP contribution >= 0.6 is 12.8 Å². The van der Waals surface area contributed by atoms with Gasteiger partial charge >= 0.3 is 6.03 Å². The van der Waals surface area contributed by atoms with E-state index in [0.29, 0.717) is 24.3 Å². The number of urea groups is 1. The SMILES string of the molecule is O=C(Nc1ccc(N(S)C(=O)NCCc2nccc3ccccc23)cc1)c1ccccc1F. The van der Waals surface area contributed by atoms with Crippen molar-refractivity contribution in [3.8, 4) is 0 Å². The summed E-state index contributed by atoms with van der Waals surface area (Å²) in [6.45, 7) is 0.397. The highest BCUT2D eigenvalue weighted by Crippen LogP contribution is 2.21. The number of nitrogens with one attached hydrogen (secondary N) is 2. The number of thiol groups is 1. The Kier molecular flexibility index (Phi) is 6.85. The molecule has 6 nitrogen and oxygen atoms in total. The maximum absolute atomic E-state index is 13.8. The van der Waals surface area contributed by atoms with Crippen molar-refractivity contribution in [3.05, 3.63) is 102 Å². The lowest BCUT2D eigenvalue weighted by molar-refractivity contribution is 0.102. The molecule has 0 saturated carbocycles. The zero-order chi connectivity index (χ0) is 23.2. The first kappa shape index (κ1) is 22.3. The Labute approximate surface area is 196 Å². The first-order valence-corrected chi connectivity index (χ1v) is 10.7. The second-order valence-electron chi connectivity index (χ2n) is 7.25. The Morgan fingerprint density at radius 2 is 1.67 bits per heavy atom. The van der Waals surface area contributed by atoms with Crippen LogP contribution in [0.15, 0.2) is 85.1 Å². The number of amides is 3. The number of rotatable bonds is 6. The number of carbonyl (C=O) groups excluding carboxylic acids is 2. The molecule has 0 aliphatic heterocycles. The number of anilines is 2. The van der Waals surface area contributed by atoms with Crippen molar-refractivity contribution >= 4 is 46.9 Å². The van der Waals surface area contributed by atoms with E-state index in [2.05, 4.69) is 28.4 Å². The average Bonchev–Trinajstić information content (AvgIpc) is 2.84. The van der Waals surface area contributed by atoms with E-state index in [9.17, 15) is 14.0 Å². The van der Waals surface area contributed by atoms with Gasteiger partial charge in [-0.25, -0.2) is 13.5 Å². The fraction of sp³-hybridized carbons (Fsp3) is 0.0800. The number of hydrogen-bond acceptors (Lipinski definition) is 4. The molecule has 0 spiro atoms. The van der Waals surface area contributed by atoms with Crippen LogP contribution in [0, 0.1) is 5.82 Å². The molecule has 8 heteroatoms. The van der Waals surface area contributed by atoms with Crippen LogP contribution in [0.1, 0.15) is 16.1 Å². The normalized spacial score (nSPS) is 10.6. The predicted octanol–water partition coefficient (Wildman–Crippen LogP) is 5.23. The van der Waals surface area contributed by atoms with Gasteiger partial charge in [0.05, 0.1) is 11.3 Å². The smallest absolute Gasteiger partial charge is 0.331 e. The zero-order valence-corrected chi connectivity index (χ0v) is 18.4. The van der Waals surface area contributed by atoms with Gasteiger partial charge in [-0.15, -0.1) is 0 Å². The molecule has 0 fully saturated rings. The van der Waals surface area contributed by atoms with Gasteiger partial charge < -0.3 is 10.6 Å². The van der Waals surface area contributed by atoms with Crippen molar-refractivity contribution in [2.24, 2.45) is 0 Å². The Hall–Kier alpha value is -3.91. The molecule has 3 amide bonds. The Morgan fingerprint density at radius 1 is 0.939 bits per heavy atom. The molecule has 0 unspecified atom stereocenters. The standard InChI is InChI=1S/C25H21FN4O2S/c26-22-8-4-3-7-21(22)24(31)29-18-9-11-19(12-10-18)30(33)25(32)28-16-14-23-20-6-2-1-5-17(20)13-15-27-23/h1-13,15,33H,14,16H2,(H,28,32)(H,29,31). The van der Waals surface area contributed by atoms with Crippen molar-refractivity contribution in [2.45, 2.75) is 6.42 Å². The summed E-state index contributed by atoms with van der Waals surface area (Å²) in [7, 11) is 0. The lowest BCUT2D eigenvalue weighted by atomic mass is 10.1. The number of carbonyl (C=O) groups is 2. The van der Waals surface area contributed by atoms with Crippen molar-refractivity contribution in [2.75, 3.05) is 16.2 Å². The van der Waals surface area contributed by atoms with E-state index in [1.165, 1.54) is 22.5 Å². The van der Waals surface area contributed by atoms with E-state index >= 15 is 0 Å². The molecule has 4 rings (SSSR count). The first-order valence-electron chi connectivity index (χ1n) is 10.3. The predicted molar refractivity (Wildman–Crippen MR) is 131 cm³/mol. The van der Waals surface area contributed by atoms with Gasteiger partial charge in [0.2, 0.25) is 0 Å². The molecule has 0 bridgehead atoms. The quantitative estimate of drug-likeness (QED) is 0.345. The summed E-state index contributed by atoms with van der Waals surface area (Å²) < 4.78 is 14.9. The summed E-state index contributed by atoms with van der Waals surface area (Å²) >= 11 is 4.28. The fourth-order valence-electron chi connectivity index (χ4n) is 3.39. The largest absolute Gasteiger partial charge is 0.337 e. The zero-order valence-electron chi connectivity index (χ0n) is 17.5. The fourth-order valence-corrected chi connectivity index (χ4v) is 3.60. The van der Waals surface area contributed by atoms with Gasteiger partial charge in [-0.1, -0.05) is 49.2 Å². The van der Waals surface area contributed by atoms with E-state index in [1.54, 1.807) is 36.5 Å². The second-order valence-corrected chi connectivity index (χ2v) is 7.65. The topological polar surface area (TPSA) is 74.3 Å². The highest BCUT2D eigenvalue weighted by atomic mass is 32.1. The molecule has 1 aromatic heterocycles. The molecule has 0 atom stereocenters. The maximum Gasteiger partial charge on any atom is 0.331 e. The monoisotopic (exact) mass is 460 g/mol. The maximum atomic E-state index is 13.8. The minimum absolute atomic E-state index is 0.0440. The lowest BCUT2D eigenvalue weighted by Gasteiger charge is -2.17. The van der Waals surface area contributed by atoms with Gasteiger partial charge in [0.25, 0.3) is 5.91 Å². The van der Waals surface area contributed by atoms with Crippen molar-refractivity contribution in [1.82, 2.24) is 10.3 Å². The van der Waals surface area contributed by atoms with Gasteiger partial charge in [0.1, 0.15) is 5.82 Å². The third-order valence-electron chi connectivity index (χ3n) is 5.07. The average molecular weight is 461 g/mol. The van der Waals surface area contributed by atoms with Crippen LogP contribution in [-0.2, 0) is 6.42 Å². The molecule has 1 heterocycles. The molecule has 166 valence electrons. The van der Waals surface area contributed by atoms with Crippen LogP contribution in [-0.4, -0.2) is 23.5 Å². The van der Waals surface area contributed by atoms with Crippen LogP contribution in [0.2, 0.25) is 0 Å². The summed E-state index contributed by atoms with van der Waals surface area (Å²) in [6, 6.07) is 21.8. The van der Waals surface area contributed by atoms with E-state index < -0.39 is 11.7 Å². The number of fused-ring (bicyclic) bond motifs is 1. The molecule has 3 aromatic carbocycles. The highest BCUT2D eigenvalue weighted by molar-refractivity contribution is 7.82. The third kappa shape index (κ3) is 5.30. The van der Waals surface area contributed by atoms with E-state index in [0.717, 1.165) is 16.5 Å². The number of nitrogens with zero attached hydrogens (tertiary/aromatic N) is 2. The highest BCUT2D eigenvalue weighted by Gasteiger charge is 2.14. The molecule has 4 aromatic rings. The minimum atomic E-state index is -0.594. The van der Waals surface area contributed by atoms with Gasteiger partial charge in [0.15, 0.2) is 0 Å². The Bertz CT molecular complexity index is 1290. The van der Waals surface area contributed by atoms with Crippen LogP contribution in [0.4, 0.5) is 20.6 Å². The third-order valence-corrected chi connectivity index (χ3v) is 5.49. The molecular weight excluding hydrogens is 439 g/mol. The number of benzene rings is 3. The molecule has 2 N–H and O–H groups in total. The molecule has 0 saturated heterocycles. The van der Waals surface area contributed by atoms with Gasteiger partial charge in [-0.2, -0.15) is 0 Å². The van der Waals surface area contributed by atoms with Crippen LogP contribution in [0.3, 0.4) is 0 Å². The molecular formula is C25H21FN4O2S. The summed E-state index contributed by atoms with van der Waals surface area (Å²) in [5.41, 5.74) is 1.85. The van der Waals surface area contributed by atoms with E-state index in [4.69, 9.17) is 0 Å². The number of halogens is 1. The molecule has 0 aliphatic rings. The van der Waals surface area contributed by atoms with Crippen molar-refractivity contribution in [3.63, 3.8) is 0 Å². The minimum Gasteiger partial charge on any atom is -0.337 e. The Balaban J connectivity index is 1.33. The van der Waals surface area contributed by atoms with Crippen LogP contribution in [0.5, 0.6) is 0 Å². The van der Waals surface area contributed by atoms with Gasteiger partial charge in [0, 0.05) is 35.9 Å². The van der Waals surface area contributed by atoms with Crippen molar-refractivity contribution in [1.29, 1.82) is 0 Å². The second kappa shape index (κ2) is 10.1. The van der Waals surface area contributed by atoms with Crippen molar-refractivity contribution < 1.29 is 14.0 Å². The summed E-state index contributed by atoms with van der Waals surface area (Å²) in [5.74, 6) is -1.15. The lowest BCUT2D eigenvalue weighted by Crippen LogP contribution is -2.35. The van der Waals surface area contributed by atoms with Gasteiger partial charge in [-0.3, -0.25) is 9.78 Å². The molecule has 0 radical (unpaired) electrons. The summed E-state index contributed by atoms with van der Waals surface area (Å²) in [6.07, 6.45) is 2.34. The van der Waals surface area contributed by atoms with Gasteiger partial charge in [-0.05, 0) is 47.9 Å². The van der Waals surface area contributed by atoms with Crippen LogP contribution < -0.4 is 14.9 Å². The van der Waals surface area contributed by atoms with E-state index in [-0.39, 0.29) is 11.6 Å². The first-order chi connectivity index (χ1) is 16.0. The Morgan fingerprint density at radius 3 is 2.45 bits per heavy atom. The van der Waals surface area contributed by atoms with Crippen LogP contribution in [0.25, 0.3) is 10.8 Å². The number of aromatic nitrogens is 1.